The van der Waals surface area contributed by atoms with Gasteiger partial charge in [0.05, 0.1) is 23.8 Å². The number of nitrogens with zero attached hydrogens (tertiary/aromatic N) is 2. The minimum Gasteiger partial charge on any atom is -0.292 e. The molecule has 116 valence electrons. The molecule has 0 fully saturated rings. The van der Waals surface area contributed by atoms with E-state index in [2.05, 4.69) is 4.98 Å². The Morgan fingerprint density at radius 3 is 2.46 bits per heavy atom. The monoisotopic (exact) mass is 314 g/mol. The van der Waals surface area contributed by atoms with Crippen molar-refractivity contribution in [2.75, 3.05) is 0 Å². The molecule has 0 amide bonds. The van der Waals surface area contributed by atoms with Crippen LogP contribution in [0.5, 0.6) is 0 Å². The van der Waals surface area contributed by atoms with Gasteiger partial charge in [0.25, 0.3) is 5.56 Å². The van der Waals surface area contributed by atoms with E-state index in [1.807, 2.05) is 42.5 Å². The van der Waals surface area contributed by atoms with E-state index in [0.29, 0.717) is 16.5 Å². The zero-order chi connectivity index (χ0) is 16.5. The van der Waals surface area contributed by atoms with Gasteiger partial charge in [-0.1, -0.05) is 54.6 Å². The van der Waals surface area contributed by atoms with E-state index in [-0.39, 0.29) is 17.9 Å². The molecule has 4 rings (SSSR count). The van der Waals surface area contributed by atoms with Crippen LogP contribution < -0.4 is 5.56 Å². The zero-order valence-corrected chi connectivity index (χ0v) is 12.8. The molecule has 0 saturated carbocycles. The van der Waals surface area contributed by atoms with Crippen molar-refractivity contribution in [3.8, 4) is 0 Å². The average molecular weight is 314 g/mol. The number of benzene rings is 3. The Kier molecular flexibility index (Phi) is 3.43. The van der Waals surface area contributed by atoms with E-state index in [0.717, 1.165) is 10.8 Å². The molecule has 24 heavy (non-hydrogen) atoms. The minimum atomic E-state index is -0.200. The summed E-state index contributed by atoms with van der Waals surface area (Å²) in [7, 11) is 0. The van der Waals surface area contributed by atoms with Gasteiger partial charge in [0, 0.05) is 5.56 Å². The molecule has 0 bridgehead atoms. The molecule has 3 aromatic carbocycles. The van der Waals surface area contributed by atoms with Crippen LogP contribution in [0.25, 0.3) is 21.7 Å². The molecular weight excluding hydrogens is 300 g/mol. The van der Waals surface area contributed by atoms with Crippen LogP contribution in [0.4, 0.5) is 0 Å². The van der Waals surface area contributed by atoms with E-state index < -0.39 is 0 Å². The lowest BCUT2D eigenvalue weighted by Crippen LogP contribution is -2.24. The van der Waals surface area contributed by atoms with Gasteiger partial charge in [-0.3, -0.25) is 14.2 Å². The molecule has 0 atom stereocenters. The standard InChI is InChI=1S/C20H14N2O2/c23-19(16-10-5-7-14-6-1-2-8-15(14)16)12-22-13-21-18-11-4-3-9-17(18)20(22)24/h1-11,13H,12H2. The molecule has 1 aromatic heterocycles. The van der Waals surface area contributed by atoms with Crippen molar-refractivity contribution in [1.29, 1.82) is 0 Å². The first-order valence-corrected chi connectivity index (χ1v) is 7.69. The summed E-state index contributed by atoms with van der Waals surface area (Å²) in [5, 5.41) is 2.42. The number of fused-ring (bicyclic) bond motifs is 2. The maximum absolute atomic E-state index is 12.7. The lowest BCUT2D eigenvalue weighted by atomic mass is 10.0. The van der Waals surface area contributed by atoms with E-state index in [1.54, 1.807) is 24.3 Å². The van der Waals surface area contributed by atoms with E-state index >= 15 is 0 Å². The number of para-hydroxylation sites is 1. The summed E-state index contributed by atoms with van der Waals surface area (Å²) in [5.41, 5.74) is 1.05. The molecule has 4 aromatic rings. The zero-order valence-electron chi connectivity index (χ0n) is 12.8. The van der Waals surface area contributed by atoms with Crippen LogP contribution in [0, 0.1) is 0 Å². The first-order valence-electron chi connectivity index (χ1n) is 7.69. The van der Waals surface area contributed by atoms with Gasteiger partial charge < -0.3 is 0 Å². The number of Topliss-reactive ketones (excluding diaryl/α,β-unsaturated/α-hetero) is 1. The summed E-state index contributed by atoms with van der Waals surface area (Å²) >= 11 is 0. The lowest BCUT2D eigenvalue weighted by molar-refractivity contribution is 0.0972. The van der Waals surface area contributed by atoms with Crippen molar-refractivity contribution in [3.05, 3.63) is 89.0 Å². The van der Waals surface area contributed by atoms with Crippen LogP contribution >= 0.6 is 0 Å². The second kappa shape index (κ2) is 5.74. The third-order valence-corrected chi connectivity index (χ3v) is 4.14. The fraction of sp³-hybridized carbons (Fsp3) is 0.0500. The molecular formula is C20H14N2O2. The Bertz CT molecular complexity index is 1120. The van der Waals surface area contributed by atoms with Gasteiger partial charge in [-0.15, -0.1) is 0 Å². The molecule has 0 radical (unpaired) electrons. The quantitative estimate of drug-likeness (QED) is 0.544. The normalized spacial score (nSPS) is 11.0. The first-order chi connectivity index (χ1) is 11.7. The van der Waals surface area contributed by atoms with Crippen LogP contribution in [0.3, 0.4) is 0 Å². The highest BCUT2D eigenvalue weighted by Gasteiger charge is 2.12. The van der Waals surface area contributed by atoms with Crippen molar-refractivity contribution in [2.45, 2.75) is 6.54 Å². The van der Waals surface area contributed by atoms with E-state index in [9.17, 15) is 9.59 Å². The van der Waals surface area contributed by atoms with Crippen molar-refractivity contribution >= 4 is 27.5 Å². The Morgan fingerprint density at radius 2 is 1.58 bits per heavy atom. The second-order valence-electron chi connectivity index (χ2n) is 5.64. The molecule has 1 heterocycles. The number of aromatic nitrogens is 2. The number of rotatable bonds is 3. The average Bonchev–Trinajstić information content (AvgIpc) is 2.63. The molecule has 0 spiro atoms. The Labute approximate surface area is 138 Å². The summed E-state index contributed by atoms with van der Waals surface area (Å²) in [6.45, 7) is -0.0231. The van der Waals surface area contributed by atoms with Crippen molar-refractivity contribution in [1.82, 2.24) is 9.55 Å². The van der Waals surface area contributed by atoms with E-state index in [1.165, 1.54) is 10.9 Å². The molecule has 0 aliphatic carbocycles. The van der Waals surface area contributed by atoms with Gasteiger partial charge in [0.2, 0.25) is 0 Å². The fourth-order valence-corrected chi connectivity index (χ4v) is 2.93. The summed E-state index contributed by atoms with van der Waals surface area (Å²) in [6, 6.07) is 20.5. The van der Waals surface area contributed by atoms with Gasteiger partial charge in [0.1, 0.15) is 0 Å². The molecule has 4 nitrogen and oxygen atoms in total. The molecule has 4 heteroatoms. The first kappa shape index (κ1) is 14.3. The van der Waals surface area contributed by atoms with Gasteiger partial charge in [0.15, 0.2) is 5.78 Å². The highest BCUT2D eigenvalue weighted by atomic mass is 16.1. The van der Waals surface area contributed by atoms with Crippen LogP contribution in [-0.2, 0) is 6.54 Å². The summed E-state index contributed by atoms with van der Waals surface area (Å²) < 4.78 is 1.37. The maximum atomic E-state index is 12.7. The SMILES string of the molecule is O=C(Cn1cnc2ccccc2c1=O)c1cccc2ccccc12. The minimum absolute atomic E-state index is 0.0231. The number of ketones is 1. The largest absolute Gasteiger partial charge is 0.292 e. The van der Waals surface area contributed by atoms with E-state index in [4.69, 9.17) is 0 Å². The molecule has 0 aliphatic rings. The predicted octanol–water partition coefficient (Wildman–Crippen LogP) is 3.43. The number of carbonyl (C=O) groups excluding carboxylic acids is 1. The topological polar surface area (TPSA) is 52.0 Å². The van der Waals surface area contributed by atoms with Crippen LogP contribution in [0.15, 0.2) is 77.9 Å². The number of carbonyl (C=O) groups is 1. The summed E-state index contributed by atoms with van der Waals surface area (Å²) in [5.74, 6) is -0.106. The molecule has 0 saturated heterocycles. The molecule has 0 unspecified atom stereocenters. The fourth-order valence-electron chi connectivity index (χ4n) is 2.93. The van der Waals surface area contributed by atoms with Crippen molar-refractivity contribution < 1.29 is 4.79 Å². The maximum Gasteiger partial charge on any atom is 0.261 e. The Balaban J connectivity index is 1.77. The van der Waals surface area contributed by atoms with Crippen molar-refractivity contribution in [2.24, 2.45) is 0 Å². The van der Waals surface area contributed by atoms with Crippen LogP contribution in [0.1, 0.15) is 10.4 Å². The van der Waals surface area contributed by atoms with Crippen molar-refractivity contribution in [3.63, 3.8) is 0 Å². The van der Waals surface area contributed by atoms with Gasteiger partial charge in [-0.2, -0.15) is 0 Å². The van der Waals surface area contributed by atoms with Gasteiger partial charge in [-0.05, 0) is 22.9 Å². The van der Waals surface area contributed by atoms with Gasteiger partial charge in [-0.25, -0.2) is 4.98 Å². The van der Waals surface area contributed by atoms with Crippen LogP contribution in [0.2, 0.25) is 0 Å². The summed E-state index contributed by atoms with van der Waals surface area (Å²) in [6.07, 6.45) is 1.44. The molecule has 0 aliphatic heterocycles. The second-order valence-corrected chi connectivity index (χ2v) is 5.64. The molecule has 0 N–H and O–H groups in total. The summed E-state index contributed by atoms with van der Waals surface area (Å²) in [4.78, 5) is 29.5. The lowest BCUT2D eigenvalue weighted by Gasteiger charge is -2.08. The predicted molar refractivity (Wildman–Crippen MR) is 94.3 cm³/mol. The smallest absolute Gasteiger partial charge is 0.261 e. The Hall–Kier alpha value is -3.27. The highest BCUT2D eigenvalue weighted by Crippen LogP contribution is 2.19. The van der Waals surface area contributed by atoms with Crippen LogP contribution in [-0.4, -0.2) is 15.3 Å². The number of hydrogen-bond donors (Lipinski definition) is 0. The number of hydrogen-bond acceptors (Lipinski definition) is 3. The highest BCUT2D eigenvalue weighted by molar-refractivity contribution is 6.08. The third-order valence-electron chi connectivity index (χ3n) is 4.14. The third kappa shape index (κ3) is 2.38. The Morgan fingerprint density at radius 1 is 0.875 bits per heavy atom. The van der Waals surface area contributed by atoms with Gasteiger partial charge >= 0.3 is 0 Å².